The summed E-state index contributed by atoms with van der Waals surface area (Å²) in [5.74, 6) is -1.86. The molecule has 1 aromatic carbocycles. The summed E-state index contributed by atoms with van der Waals surface area (Å²) in [6, 6.07) is 2.83. The van der Waals surface area contributed by atoms with Crippen molar-refractivity contribution in [1.29, 1.82) is 0 Å². The average molecular weight is 205 g/mol. The standard InChI is InChI=1S/C8H3ClF2S/c9-7-4-1-2-12-6(4)3-5(10)8(7)11/h1-3H. The lowest BCUT2D eigenvalue weighted by atomic mass is 10.2. The molecule has 0 bridgehead atoms. The molecule has 4 heteroatoms. The van der Waals surface area contributed by atoms with Crippen LogP contribution in [0, 0.1) is 11.6 Å². The van der Waals surface area contributed by atoms with E-state index in [-0.39, 0.29) is 5.02 Å². The van der Waals surface area contributed by atoms with Gasteiger partial charge in [0, 0.05) is 10.1 Å². The van der Waals surface area contributed by atoms with Crippen LogP contribution in [0.1, 0.15) is 0 Å². The van der Waals surface area contributed by atoms with Crippen molar-refractivity contribution in [3.05, 3.63) is 34.2 Å². The summed E-state index contributed by atoms with van der Waals surface area (Å²) < 4.78 is 26.2. The van der Waals surface area contributed by atoms with Crippen molar-refractivity contribution in [3.8, 4) is 0 Å². The van der Waals surface area contributed by atoms with Gasteiger partial charge in [-0.3, -0.25) is 0 Å². The first-order chi connectivity index (χ1) is 5.70. The number of fused-ring (bicyclic) bond motifs is 1. The van der Waals surface area contributed by atoms with Gasteiger partial charge < -0.3 is 0 Å². The highest BCUT2D eigenvalue weighted by molar-refractivity contribution is 7.17. The molecular weight excluding hydrogens is 202 g/mol. The minimum absolute atomic E-state index is 0.133. The molecule has 1 aromatic heterocycles. The average Bonchev–Trinajstić information content (AvgIpc) is 2.48. The van der Waals surface area contributed by atoms with Crippen molar-refractivity contribution in [2.24, 2.45) is 0 Å². The van der Waals surface area contributed by atoms with Crippen LogP contribution < -0.4 is 0 Å². The molecule has 0 fully saturated rings. The van der Waals surface area contributed by atoms with Gasteiger partial charge in [-0.15, -0.1) is 11.3 Å². The molecule has 0 aliphatic heterocycles. The smallest absolute Gasteiger partial charge is 0.178 e. The lowest BCUT2D eigenvalue weighted by molar-refractivity contribution is 0.511. The van der Waals surface area contributed by atoms with Gasteiger partial charge in [-0.05, 0) is 17.5 Å². The largest absolute Gasteiger partial charge is 0.204 e. The molecule has 0 radical (unpaired) electrons. The summed E-state index contributed by atoms with van der Waals surface area (Å²) >= 11 is 6.90. The van der Waals surface area contributed by atoms with Gasteiger partial charge in [0.25, 0.3) is 0 Å². The van der Waals surface area contributed by atoms with E-state index in [0.717, 1.165) is 6.07 Å². The molecule has 0 amide bonds. The van der Waals surface area contributed by atoms with E-state index in [1.807, 2.05) is 0 Å². The summed E-state index contributed by atoms with van der Waals surface area (Å²) in [6.07, 6.45) is 0. The molecule has 2 aromatic rings. The zero-order chi connectivity index (χ0) is 8.72. The Bertz CT molecular complexity index is 436. The van der Waals surface area contributed by atoms with E-state index < -0.39 is 11.6 Å². The summed E-state index contributed by atoms with van der Waals surface area (Å²) in [5.41, 5.74) is 0. The van der Waals surface area contributed by atoms with Crippen LogP contribution in [-0.2, 0) is 0 Å². The maximum absolute atomic E-state index is 12.8. The Morgan fingerprint density at radius 1 is 1.33 bits per heavy atom. The van der Waals surface area contributed by atoms with Gasteiger partial charge in [-0.25, -0.2) is 8.78 Å². The normalized spacial score (nSPS) is 10.9. The van der Waals surface area contributed by atoms with Crippen LogP contribution in [0.25, 0.3) is 10.1 Å². The Morgan fingerprint density at radius 3 is 2.83 bits per heavy atom. The second kappa shape index (κ2) is 2.68. The van der Waals surface area contributed by atoms with Crippen LogP contribution in [0.5, 0.6) is 0 Å². The zero-order valence-corrected chi connectivity index (χ0v) is 7.35. The fourth-order valence-corrected chi connectivity index (χ4v) is 2.15. The summed E-state index contributed by atoms with van der Waals surface area (Å²) in [6.45, 7) is 0. The van der Waals surface area contributed by atoms with Gasteiger partial charge in [-0.1, -0.05) is 11.6 Å². The van der Waals surface area contributed by atoms with Crippen LogP contribution in [0.4, 0.5) is 8.78 Å². The SMILES string of the molecule is Fc1cc2sccc2c(Cl)c1F. The molecule has 0 aliphatic carbocycles. The van der Waals surface area contributed by atoms with Crippen molar-refractivity contribution in [2.75, 3.05) is 0 Å². The van der Waals surface area contributed by atoms with Crippen molar-refractivity contribution in [3.63, 3.8) is 0 Å². The third-order valence-electron chi connectivity index (χ3n) is 1.59. The number of hydrogen-bond acceptors (Lipinski definition) is 1. The van der Waals surface area contributed by atoms with Crippen molar-refractivity contribution in [2.45, 2.75) is 0 Å². The monoisotopic (exact) mass is 204 g/mol. The van der Waals surface area contributed by atoms with E-state index in [0.29, 0.717) is 10.1 Å². The molecule has 1 heterocycles. The molecule has 0 unspecified atom stereocenters. The van der Waals surface area contributed by atoms with E-state index in [4.69, 9.17) is 11.6 Å². The lowest BCUT2D eigenvalue weighted by Gasteiger charge is -1.96. The van der Waals surface area contributed by atoms with Gasteiger partial charge in [0.05, 0.1) is 5.02 Å². The minimum Gasteiger partial charge on any atom is -0.204 e. The second-order valence-corrected chi connectivity index (χ2v) is 3.64. The van der Waals surface area contributed by atoms with Crippen molar-refractivity contribution < 1.29 is 8.78 Å². The first-order valence-electron chi connectivity index (χ1n) is 3.21. The number of halogens is 3. The van der Waals surface area contributed by atoms with E-state index in [1.54, 1.807) is 11.4 Å². The molecule has 0 spiro atoms. The fourth-order valence-electron chi connectivity index (χ4n) is 1.02. The van der Waals surface area contributed by atoms with Crippen LogP contribution in [0.2, 0.25) is 5.02 Å². The molecule has 0 aliphatic rings. The molecule has 0 nitrogen and oxygen atoms in total. The summed E-state index contributed by atoms with van der Waals surface area (Å²) in [4.78, 5) is 0. The van der Waals surface area contributed by atoms with Crippen LogP contribution >= 0.6 is 22.9 Å². The lowest BCUT2D eigenvalue weighted by Crippen LogP contribution is -1.83. The van der Waals surface area contributed by atoms with Gasteiger partial charge >= 0.3 is 0 Å². The molecule has 62 valence electrons. The van der Waals surface area contributed by atoms with Gasteiger partial charge in [0.15, 0.2) is 11.6 Å². The Labute approximate surface area is 76.4 Å². The van der Waals surface area contributed by atoms with Gasteiger partial charge in [0.2, 0.25) is 0 Å². The van der Waals surface area contributed by atoms with Crippen LogP contribution in [0.3, 0.4) is 0 Å². The third-order valence-corrected chi connectivity index (χ3v) is 2.83. The van der Waals surface area contributed by atoms with Gasteiger partial charge in [-0.2, -0.15) is 0 Å². The van der Waals surface area contributed by atoms with Crippen LogP contribution in [0.15, 0.2) is 17.5 Å². The maximum atomic E-state index is 12.8. The number of rotatable bonds is 0. The molecule has 0 saturated heterocycles. The Hall–Kier alpha value is -0.670. The predicted molar refractivity (Wildman–Crippen MR) is 46.8 cm³/mol. The Morgan fingerprint density at radius 2 is 2.08 bits per heavy atom. The molecule has 2 rings (SSSR count). The Balaban J connectivity index is 2.94. The molecule has 0 atom stereocenters. The first kappa shape index (κ1) is 7.95. The highest BCUT2D eigenvalue weighted by Gasteiger charge is 2.11. The third kappa shape index (κ3) is 1.01. The maximum Gasteiger partial charge on any atom is 0.178 e. The second-order valence-electron chi connectivity index (χ2n) is 2.32. The molecule has 12 heavy (non-hydrogen) atoms. The van der Waals surface area contributed by atoms with E-state index in [9.17, 15) is 8.78 Å². The molecule has 0 N–H and O–H groups in total. The predicted octanol–water partition coefficient (Wildman–Crippen LogP) is 3.83. The molecule has 0 saturated carbocycles. The summed E-state index contributed by atoms with van der Waals surface area (Å²) in [7, 11) is 0. The summed E-state index contributed by atoms with van der Waals surface area (Å²) in [5, 5.41) is 2.18. The molecular formula is C8H3ClF2S. The van der Waals surface area contributed by atoms with Crippen molar-refractivity contribution >= 4 is 33.0 Å². The topological polar surface area (TPSA) is 0 Å². The van der Waals surface area contributed by atoms with Crippen molar-refractivity contribution in [1.82, 2.24) is 0 Å². The van der Waals surface area contributed by atoms with E-state index >= 15 is 0 Å². The highest BCUT2D eigenvalue weighted by atomic mass is 35.5. The quantitative estimate of drug-likeness (QED) is 0.572. The number of thiophene rings is 1. The minimum atomic E-state index is -0.970. The van der Waals surface area contributed by atoms with Gasteiger partial charge in [0.1, 0.15) is 0 Å². The van der Waals surface area contributed by atoms with E-state index in [2.05, 4.69) is 0 Å². The first-order valence-corrected chi connectivity index (χ1v) is 4.46. The van der Waals surface area contributed by atoms with E-state index in [1.165, 1.54) is 11.3 Å². The number of benzene rings is 1. The van der Waals surface area contributed by atoms with Crippen LogP contribution in [-0.4, -0.2) is 0 Å². The number of hydrogen-bond donors (Lipinski definition) is 0. The zero-order valence-electron chi connectivity index (χ0n) is 5.77. The fraction of sp³-hybridized carbons (Fsp3) is 0. The highest BCUT2D eigenvalue weighted by Crippen LogP contribution is 2.31. The Kier molecular flexibility index (Phi) is 1.77.